The van der Waals surface area contributed by atoms with E-state index in [9.17, 15) is 14.3 Å². The number of nitrogens with one attached hydrogen (secondary N) is 2. The lowest BCUT2D eigenvalue weighted by Gasteiger charge is -2.23. The molecule has 1 fully saturated rings. The number of piperidine rings is 1. The van der Waals surface area contributed by atoms with E-state index in [2.05, 4.69) is 10.6 Å². The normalized spacial score (nSPS) is 19.1. The van der Waals surface area contributed by atoms with E-state index in [0.29, 0.717) is 12.6 Å². The number of rotatable bonds is 4. The topological polar surface area (TPSA) is 61.4 Å². The first-order valence-corrected chi connectivity index (χ1v) is 6.67. The molecule has 1 heterocycles. The second-order valence-electron chi connectivity index (χ2n) is 4.85. The van der Waals surface area contributed by atoms with Gasteiger partial charge in [-0.1, -0.05) is 6.42 Å². The molecule has 0 aromatic heterocycles. The predicted molar refractivity (Wildman–Crippen MR) is 70.7 cm³/mol. The lowest BCUT2D eigenvalue weighted by Crippen LogP contribution is -2.37. The predicted octanol–water partition coefficient (Wildman–Crippen LogP) is 1.79. The summed E-state index contributed by atoms with van der Waals surface area (Å²) in [5, 5.41) is 15.6. The SMILES string of the molecule is O=C(NCCC1CCCCN1)c1ccc(F)cc1O. The van der Waals surface area contributed by atoms with Crippen molar-refractivity contribution in [3.8, 4) is 5.75 Å². The summed E-state index contributed by atoms with van der Waals surface area (Å²) < 4.78 is 12.8. The first-order valence-electron chi connectivity index (χ1n) is 6.67. The smallest absolute Gasteiger partial charge is 0.255 e. The summed E-state index contributed by atoms with van der Waals surface area (Å²) in [5.74, 6) is -1.25. The fraction of sp³-hybridized carbons (Fsp3) is 0.500. The maximum atomic E-state index is 12.8. The van der Waals surface area contributed by atoms with Crippen molar-refractivity contribution >= 4 is 5.91 Å². The second-order valence-corrected chi connectivity index (χ2v) is 4.85. The van der Waals surface area contributed by atoms with Crippen LogP contribution in [0.5, 0.6) is 5.75 Å². The van der Waals surface area contributed by atoms with Gasteiger partial charge < -0.3 is 15.7 Å². The van der Waals surface area contributed by atoms with Gasteiger partial charge in [-0.3, -0.25) is 4.79 Å². The molecule has 0 aliphatic carbocycles. The molecule has 2 rings (SSSR count). The van der Waals surface area contributed by atoms with Crippen molar-refractivity contribution in [1.29, 1.82) is 0 Å². The molecule has 0 radical (unpaired) electrons. The molecule has 19 heavy (non-hydrogen) atoms. The highest BCUT2D eigenvalue weighted by Crippen LogP contribution is 2.17. The zero-order chi connectivity index (χ0) is 13.7. The molecule has 104 valence electrons. The van der Waals surface area contributed by atoms with Gasteiger partial charge in [0.15, 0.2) is 0 Å². The molecule has 5 heteroatoms. The molecule has 1 unspecified atom stereocenters. The minimum absolute atomic E-state index is 0.109. The van der Waals surface area contributed by atoms with E-state index in [0.717, 1.165) is 31.5 Å². The van der Waals surface area contributed by atoms with Crippen LogP contribution < -0.4 is 10.6 Å². The van der Waals surface area contributed by atoms with Crippen molar-refractivity contribution in [3.05, 3.63) is 29.6 Å². The number of hydrogen-bond acceptors (Lipinski definition) is 3. The molecular weight excluding hydrogens is 247 g/mol. The Morgan fingerprint density at radius 3 is 3.00 bits per heavy atom. The average Bonchev–Trinajstić information content (AvgIpc) is 2.39. The molecule has 1 aliphatic heterocycles. The number of aromatic hydroxyl groups is 1. The molecule has 1 atom stereocenters. The summed E-state index contributed by atoms with van der Waals surface area (Å²) in [4.78, 5) is 11.8. The Labute approximate surface area is 112 Å². The highest BCUT2D eigenvalue weighted by atomic mass is 19.1. The maximum absolute atomic E-state index is 12.8. The number of carbonyl (C=O) groups excluding carboxylic acids is 1. The summed E-state index contributed by atoms with van der Waals surface area (Å²) in [6, 6.07) is 3.85. The third-order valence-corrected chi connectivity index (χ3v) is 3.40. The van der Waals surface area contributed by atoms with Crippen LogP contribution in [0.2, 0.25) is 0 Å². The molecule has 0 spiro atoms. The van der Waals surface area contributed by atoms with Gasteiger partial charge in [0.25, 0.3) is 5.91 Å². The van der Waals surface area contributed by atoms with Gasteiger partial charge in [-0.25, -0.2) is 4.39 Å². The van der Waals surface area contributed by atoms with Gasteiger partial charge in [0.1, 0.15) is 11.6 Å². The van der Waals surface area contributed by atoms with E-state index < -0.39 is 5.82 Å². The molecule has 1 saturated heterocycles. The zero-order valence-electron chi connectivity index (χ0n) is 10.8. The molecule has 3 N–H and O–H groups in total. The summed E-state index contributed by atoms with van der Waals surface area (Å²) in [6.07, 6.45) is 4.45. The van der Waals surface area contributed by atoms with Crippen LogP contribution in [0.25, 0.3) is 0 Å². The Kier molecular flexibility index (Phi) is 4.74. The molecule has 0 bridgehead atoms. The van der Waals surface area contributed by atoms with Crippen LogP contribution in [0, 0.1) is 5.82 Å². The number of phenolic OH excluding ortho intramolecular Hbond substituents is 1. The highest BCUT2D eigenvalue weighted by Gasteiger charge is 2.14. The molecule has 1 amide bonds. The molecule has 1 aromatic rings. The van der Waals surface area contributed by atoms with E-state index in [1.807, 2.05) is 0 Å². The highest BCUT2D eigenvalue weighted by molar-refractivity contribution is 5.96. The van der Waals surface area contributed by atoms with E-state index in [4.69, 9.17) is 0 Å². The first-order chi connectivity index (χ1) is 9.16. The van der Waals surface area contributed by atoms with Gasteiger partial charge in [0, 0.05) is 18.7 Å². The molecule has 1 aromatic carbocycles. The van der Waals surface area contributed by atoms with Crippen molar-refractivity contribution in [2.45, 2.75) is 31.7 Å². The fourth-order valence-corrected chi connectivity index (χ4v) is 2.32. The van der Waals surface area contributed by atoms with Crippen LogP contribution >= 0.6 is 0 Å². The fourth-order valence-electron chi connectivity index (χ4n) is 2.32. The number of phenols is 1. The Balaban J connectivity index is 1.80. The number of benzene rings is 1. The van der Waals surface area contributed by atoms with Crippen molar-refractivity contribution < 1.29 is 14.3 Å². The van der Waals surface area contributed by atoms with Gasteiger partial charge in [0.2, 0.25) is 0 Å². The van der Waals surface area contributed by atoms with Crippen molar-refractivity contribution in [1.82, 2.24) is 10.6 Å². The van der Waals surface area contributed by atoms with E-state index >= 15 is 0 Å². The number of carbonyl (C=O) groups is 1. The molecule has 4 nitrogen and oxygen atoms in total. The third kappa shape index (κ3) is 3.92. The number of hydrogen-bond donors (Lipinski definition) is 3. The average molecular weight is 266 g/mol. The molecule has 1 aliphatic rings. The number of halogens is 1. The van der Waals surface area contributed by atoms with Gasteiger partial charge in [-0.05, 0) is 37.9 Å². The van der Waals surface area contributed by atoms with E-state index in [-0.39, 0.29) is 17.2 Å². The van der Waals surface area contributed by atoms with E-state index in [1.165, 1.54) is 18.9 Å². The van der Waals surface area contributed by atoms with Gasteiger partial charge in [-0.2, -0.15) is 0 Å². The minimum atomic E-state index is -0.555. The minimum Gasteiger partial charge on any atom is -0.507 e. The Morgan fingerprint density at radius 1 is 1.47 bits per heavy atom. The summed E-state index contributed by atoms with van der Waals surface area (Å²) in [5.41, 5.74) is 0.109. The van der Waals surface area contributed by atoms with Crippen LogP contribution in [0.4, 0.5) is 4.39 Å². The Morgan fingerprint density at radius 2 is 2.32 bits per heavy atom. The van der Waals surface area contributed by atoms with Crippen LogP contribution in [-0.2, 0) is 0 Å². The largest absolute Gasteiger partial charge is 0.507 e. The first kappa shape index (κ1) is 13.8. The lowest BCUT2D eigenvalue weighted by molar-refractivity contribution is 0.0949. The van der Waals surface area contributed by atoms with Crippen molar-refractivity contribution in [3.63, 3.8) is 0 Å². The van der Waals surface area contributed by atoms with Gasteiger partial charge in [-0.15, -0.1) is 0 Å². The van der Waals surface area contributed by atoms with Crippen LogP contribution in [0.3, 0.4) is 0 Å². The Bertz CT molecular complexity index is 445. The standard InChI is InChI=1S/C14H19FN2O2/c15-10-4-5-12(13(18)9-10)14(19)17-8-6-11-3-1-2-7-16-11/h4-5,9,11,16,18H,1-3,6-8H2,(H,17,19). The summed E-state index contributed by atoms with van der Waals surface area (Å²) in [7, 11) is 0. The summed E-state index contributed by atoms with van der Waals surface area (Å²) >= 11 is 0. The summed E-state index contributed by atoms with van der Waals surface area (Å²) in [6.45, 7) is 1.59. The van der Waals surface area contributed by atoms with Gasteiger partial charge >= 0.3 is 0 Å². The molecular formula is C14H19FN2O2. The van der Waals surface area contributed by atoms with Gasteiger partial charge in [0.05, 0.1) is 5.56 Å². The second kappa shape index (κ2) is 6.52. The maximum Gasteiger partial charge on any atom is 0.255 e. The lowest BCUT2D eigenvalue weighted by atomic mass is 10.0. The van der Waals surface area contributed by atoms with Crippen LogP contribution in [-0.4, -0.2) is 30.1 Å². The van der Waals surface area contributed by atoms with Crippen LogP contribution in [0.15, 0.2) is 18.2 Å². The number of amides is 1. The quantitative estimate of drug-likeness (QED) is 0.778. The van der Waals surface area contributed by atoms with Crippen molar-refractivity contribution in [2.75, 3.05) is 13.1 Å². The zero-order valence-corrected chi connectivity index (χ0v) is 10.8. The monoisotopic (exact) mass is 266 g/mol. The molecule has 0 saturated carbocycles. The van der Waals surface area contributed by atoms with Crippen molar-refractivity contribution in [2.24, 2.45) is 0 Å². The third-order valence-electron chi connectivity index (χ3n) is 3.40. The Hall–Kier alpha value is -1.62. The van der Waals surface area contributed by atoms with E-state index in [1.54, 1.807) is 0 Å². The van der Waals surface area contributed by atoms with Crippen LogP contribution in [0.1, 0.15) is 36.0 Å².